The Bertz CT molecular complexity index is 643. The van der Waals surface area contributed by atoms with Crippen LogP contribution in [0, 0.1) is 12.8 Å². The Kier molecular flexibility index (Phi) is 4.33. The molecule has 3 rings (SSSR count). The second kappa shape index (κ2) is 6.39. The van der Waals surface area contributed by atoms with E-state index in [1.54, 1.807) is 0 Å². The molecule has 1 aromatic rings. The zero-order valence-electron chi connectivity index (χ0n) is 13.8. The van der Waals surface area contributed by atoms with Gasteiger partial charge in [-0.3, -0.25) is 0 Å². The van der Waals surface area contributed by atoms with Crippen molar-refractivity contribution in [2.24, 2.45) is 5.92 Å². The van der Waals surface area contributed by atoms with E-state index in [0.717, 1.165) is 12.8 Å². The molecule has 0 spiro atoms. The van der Waals surface area contributed by atoms with Crippen molar-refractivity contribution in [3.05, 3.63) is 77.6 Å². The van der Waals surface area contributed by atoms with Crippen LogP contribution in [0.25, 0.3) is 0 Å². The third kappa shape index (κ3) is 3.24. The maximum Gasteiger partial charge on any atom is 0.0562 e. The molecule has 1 nitrogen and oxygen atoms in total. The number of nitrogens with zero attached hydrogens (tertiary/aromatic N) is 1. The van der Waals surface area contributed by atoms with E-state index >= 15 is 0 Å². The Morgan fingerprint density at radius 3 is 2.41 bits per heavy atom. The van der Waals surface area contributed by atoms with Gasteiger partial charge in [0.2, 0.25) is 0 Å². The molecule has 22 heavy (non-hydrogen) atoms. The van der Waals surface area contributed by atoms with E-state index in [0.29, 0.717) is 12.0 Å². The lowest BCUT2D eigenvalue weighted by Crippen LogP contribution is -2.34. The van der Waals surface area contributed by atoms with Crippen LogP contribution in [0.4, 0.5) is 5.69 Å². The number of anilines is 1. The number of hydrogen-bond acceptors (Lipinski definition) is 1. The number of benzene rings is 1. The number of allylic oxidation sites excluding steroid dienone is 5. The predicted molar refractivity (Wildman–Crippen MR) is 96.0 cm³/mol. The van der Waals surface area contributed by atoms with Crippen LogP contribution in [-0.4, -0.2) is 6.04 Å². The number of hydrogen-bond donors (Lipinski definition) is 0. The monoisotopic (exact) mass is 291 g/mol. The lowest BCUT2D eigenvalue weighted by atomic mass is 9.97. The van der Waals surface area contributed by atoms with Crippen molar-refractivity contribution < 1.29 is 0 Å². The van der Waals surface area contributed by atoms with E-state index in [2.05, 4.69) is 86.4 Å². The van der Waals surface area contributed by atoms with Gasteiger partial charge in [-0.2, -0.15) is 0 Å². The summed E-state index contributed by atoms with van der Waals surface area (Å²) in [6.07, 6.45) is 16.1. The SMILES string of the molecule is CC1=CC(N(C2=CCC(C)C=C2)c2ccc(C)cc2)CC=C1. The molecule has 114 valence electrons. The largest absolute Gasteiger partial charge is 0.335 e. The standard InChI is InChI=1S/C21H25N/c1-16-7-11-19(12-8-16)22(20-13-9-17(2)10-14-20)21-6-4-5-18(3)15-21/h4-5,7-9,11-15,17,21H,6,10H2,1-3H3. The fraction of sp³-hybridized carbons (Fsp3) is 0.333. The van der Waals surface area contributed by atoms with Crippen molar-refractivity contribution in [2.75, 3.05) is 4.90 Å². The van der Waals surface area contributed by atoms with Crippen LogP contribution in [0.15, 0.2) is 72.0 Å². The van der Waals surface area contributed by atoms with Gasteiger partial charge in [0.05, 0.1) is 6.04 Å². The van der Waals surface area contributed by atoms with Crippen LogP contribution in [0.5, 0.6) is 0 Å². The zero-order chi connectivity index (χ0) is 15.5. The molecule has 0 N–H and O–H groups in total. The Balaban J connectivity index is 1.97. The molecule has 0 heterocycles. The predicted octanol–water partition coefficient (Wildman–Crippen LogP) is 5.56. The molecule has 0 bridgehead atoms. The minimum Gasteiger partial charge on any atom is -0.335 e. The third-order valence-electron chi connectivity index (χ3n) is 4.43. The van der Waals surface area contributed by atoms with Gasteiger partial charge in [0.1, 0.15) is 0 Å². The van der Waals surface area contributed by atoms with E-state index in [-0.39, 0.29) is 0 Å². The van der Waals surface area contributed by atoms with Gasteiger partial charge in [-0.1, -0.05) is 60.6 Å². The molecular formula is C21H25N. The Hall–Kier alpha value is -2.02. The van der Waals surface area contributed by atoms with Crippen molar-refractivity contribution in [2.45, 2.75) is 39.7 Å². The molecule has 1 heteroatoms. The number of aryl methyl sites for hydroxylation is 1. The lowest BCUT2D eigenvalue weighted by molar-refractivity contribution is 0.703. The van der Waals surface area contributed by atoms with Crippen molar-refractivity contribution in [3.8, 4) is 0 Å². The second-order valence-electron chi connectivity index (χ2n) is 6.52. The van der Waals surface area contributed by atoms with Gasteiger partial charge in [-0.05, 0) is 50.8 Å². The summed E-state index contributed by atoms with van der Waals surface area (Å²) < 4.78 is 0. The number of rotatable bonds is 3. The fourth-order valence-corrected chi connectivity index (χ4v) is 3.13. The van der Waals surface area contributed by atoms with Gasteiger partial charge in [-0.15, -0.1) is 0 Å². The summed E-state index contributed by atoms with van der Waals surface area (Å²) in [5.41, 5.74) is 5.26. The highest BCUT2D eigenvalue weighted by Gasteiger charge is 2.21. The topological polar surface area (TPSA) is 3.24 Å². The summed E-state index contributed by atoms with van der Waals surface area (Å²) in [4.78, 5) is 2.48. The summed E-state index contributed by atoms with van der Waals surface area (Å²) in [5.74, 6) is 0.646. The second-order valence-corrected chi connectivity index (χ2v) is 6.52. The summed E-state index contributed by atoms with van der Waals surface area (Å²) in [6, 6.07) is 9.28. The van der Waals surface area contributed by atoms with E-state index in [1.165, 1.54) is 22.5 Å². The third-order valence-corrected chi connectivity index (χ3v) is 4.43. The molecule has 0 saturated carbocycles. The van der Waals surface area contributed by atoms with Crippen molar-refractivity contribution >= 4 is 5.69 Å². The zero-order valence-corrected chi connectivity index (χ0v) is 13.8. The average Bonchev–Trinajstić information content (AvgIpc) is 2.51. The minimum atomic E-state index is 0.400. The molecule has 2 aliphatic rings. The maximum absolute atomic E-state index is 2.48. The highest BCUT2D eigenvalue weighted by atomic mass is 15.2. The molecule has 0 amide bonds. The highest BCUT2D eigenvalue weighted by Crippen LogP contribution is 2.30. The van der Waals surface area contributed by atoms with Crippen molar-refractivity contribution in [1.29, 1.82) is 0 Å². The van der Waals surface area contributed by atoms with Gasteiger partial charge in [-0.25, -0.2) is 0 Å². The molecule has 2 atom stereocenters. The quantitative estimate of drug-likeness (QED) is 0.705. The molecule has 2 unspecified atom stereocenters. The first-order valence-corrected chi connectivity index (χ1v) is 8.23. The molecule has 0 aromatic heterocycles. The summed E-state index contributed by atoms with van der Waals surface area (Å²) in [5, 5.41) is 0. The molecule has 0 saturated heterocycles. The van der Waals surface area contributed by atoms with Gasteiger partial charge >= 0.3 is 0 Å². The van der Waals surface area contributed by atoms with Crippen LogP contribution in [0.2, 0.25) is 0 Å². The van der Waals surface area contributed by atoms with Crippen LogP contribution in [0.1, 0.15) is 32.3 Å². The van der Waals surface area contributed by atoms with Crippen LogP contribution >= 0.6 is 0 Å². The normalized spacial score (nSPS) is 24.0. The van der Waals surface area contributed by atoms with Gasteiger partial charge in [0, 0.05) is 11.4 Å². The Morgan fingerprint density at radius 1 is 1.00 bits per heavy atom. The molecule has 0 aliphatic heterocycles. The molecule has 1 aromatic carbocycles. The molecule has 2 aliphatic carbocycles. The minimum absolute atomic E-state index is 0.400. The molecule has 0 radical (unpaired) electrons. The van der Waals surface area contributed by atoms with Gasteiger partial charge < -0.3 is 4.90 Å². The molecular weight excluding hydrogens is 266 g/mol. The van der Waals surface area contributed by atoms with Crippen LogP contribution in [0.3, 0.4) is 0 Å². The first kappa shape index (κ1) is 14.9. The Labute approximate surface area is 134 Å². The van der Waals surface area contributed by atoms with Crippen molar-refractivity contribution in [1.82, 2.24) is 0 Å². The van der Waals surface area contributed by atoms with Gasteiger partial charge in [0.25, 0.3) is 0 Å². The first-order chi connectivity index (χ1) is 10.6. The van der Waals surface area contributed by atoms with Crippen LogP contribution in [-0.2, 0) is 0 Å². The fourth-order valence-electron chi connectivity index (χ4n) is 3.13. The van der Waals surface area contributed by atoms with E-state index in [1.807, 2.05) is 0 Å². The van der Waals surface area contributed by atoms with Crippen molar-refractivity contribution in [3.63, 3.8) is 0 Å². The first-order valence-electron chi connectivity index (χ1n) is 8.23. The smallest absolute Gasteiger partial charge is 0.0562 e. The van der Waals surface area contributed by atoms with Crippen LogP contribution < -0.4 is 4.90 Å². The lowest BCUT2D eigenvalue weighted by Gasteiger charge is -2.35. The molecule has 0 fully saturated rings. The average molecular weight is 291 g/mol. The summed E-state index contributed by atoms with van der Waals surface area (Å²) in [6.45, 7) is 6.60. The van der Waals surface area contributed by atoms with E-state index < -0.39 is 0 Å². The summed E-state index contributed by atoms with van der Waals surface area (Å²) in [7, 11) is 0. The Morgan fingerprint density at radius 2 is 1.77 bits per heavy atom. The van der Waals surface area contributed by atoms with E-state index in [4.69, 9.17) is 0 Å². The summed E-state index contributed by atoms with van der Waals surface area (Å²) >= 11 is 0. The maximum atomic E-state index is 2.48. The van der Waals surface area contributed by atoms with Gasteiger partial charge in [0.15, 0.2) is 0 Å². The van der Waals surface area contributed by atoms with E-state index in [9.17, 15) is 0 Å². The highest BCUT2D eigenvalue weighted by molar-refractivity contribution is 5.58.